The van der Waals surface area contributed by atoms with E-state index in [1.54, 1.807) is 29.2 Å². The Labute approximate surface area is 164 Å². The van der Waals surface area contributed by atoms with Crippen LogP contribution in [0.25, 0.3) is 0 Å². The molecular weight excluding hydrogens is 362 g/mol. The Morgan fingerprint density at radius 2 is 1.74 bits per heavy atom. The summed E-state index contributed by atoms with van der Waals surface area (Å²) in [6, 6.07) is 15.9. The maximum atomic E-state index is 12.8. The third-order valence-electron chi connectivity index (χ3n) is 4.58. The first-order valence-electron chi connectivity index (χ1n) is 8.95. The van der Waals surface area contributed by atoms with E-state index in [9.17, 15) is 14.7 Å². The zero-order valence-corrected chi connectivity index (χ0v) is 16.1. The van der Waals surface area contributed by atoms with Gasteiger partial charge in [0.1, 0.15) is 0 Å². The molecule has 0 fully saturated rings. The number of Topliss-reactive ketones (excluding diaryl/α,β-unsaturated/α-hetero) is 1. The summed E-state index contributed by atoms with van der Waals surface area (Å²) in [5, 5.41) is 11.1. The van der Waals surface area contributed by atoms with Crippen molar-refractivity contribution >= 4 is 23.3 Å². The highest BCUT2D eigenvalue weighted by Crippen LogP contribution is 2.39. The van der Waals surface area contributed by atoms with Gasteiger partial charge >= 0.3 is 0 Å². The normalized spacial score (nSPS) is 17.1. The lowest BCUT2D eigenvalue weighted by atomic mass is 9.92. The number of carbonyl (C=O) groups excluding carboxylic acids is 2. The van der Waals surface area contributed by atoms with Crippen LogP contribution in [0.3, 0.4) is 0 Å². The molecule has 1 amide bonds. The first-order chi connectivity index (χ1) is 12.9. The molecule has 0 saturated heterocycles. The third-order valence-corrected chi connectivity index (χ3v) is 4.83. The molecule has 27 heavy (non-hydrogen) atoms. The molecule has 1 N–H and O–H groups in total. The highest BCUT2D eigenvalue weighted by molar-refractivity contribution is 6.30. The van der Waals surface area contributed by atoms with Crippen LogP contribution >= 0.6 is 11.6 Å². The number of carbonyl (C=O) groups is 2. The van der Waals surface area contributed by atoms with Crippen LogP contribution in [0, 0.1) is 5.92 Å². The van der Waals surface area contributed by atoms with E-state index in [1.165, 1.54) is 0 Å². The molecule has 1 unspecified atom stereocenters. The Kier molecular flexibility index (Phi) is 5.66. The average Bonchev–Trinajstić information content (AvgIpc) is 2.88. The van der Waals surface area contributed by atoms with Crippen molar-refractivity contribution in [2.75, 3.05) is 0 Å². The highest BCUT2D eigenvalue weighted by atomic mass is 35.5. The van der Waals surface area contributed by atoms with Crippen molar-refractivity contribution in [2.45, 2.75) is 32.9 Å². The Morgan fingerprint density at radius 1 is 1.11 bits per heavy atom. The van der Waals surface area contributed by atoms with E-state index in [0.29, 0.717) is 11.6 Å². The van der Waals surface area contributed by atoms with Crippen molar-refractivity contribution < 1.29 is 14.7 Å². The molecule has 0 spiro atoms. The van der Waals surface area contributed by atoms with Gasteiger partial charge in [0.15, 0.2) is 11.5 Å². The van der Waals surface area contributed by atoms with E-state index < -0.39 is 17.7 Å². The second kappa shape index (κ2) is 7.97. The van der Waals surface area contributed by atoms with E-state index in [2.05, 4.69) is 0 Å². The highest BCUT2D eigenvalue weighted by Gasteiger charge is 2.43. The van der Waals surface area contributed by atoms with E-state index in [1.807, 2.05) is 44.2 Å². The fourth-order valence-corrected chi connectivity index (χ4v) is 3.48. The zero-order chi connectivity index (χ0) is 19.6. The number of hydrogen-bond donors (Lipinski definition) is 1. The molecule has 1 heterocycles. The van der Waals surface area contributed by atoms with Crippen LogP contribution in [-0.4, -0.2) is 21.7 Å². The van der Waals surface area contributed by atoms with E-state index in [0.717, 1.165) is 11.1 Å². The fourth-order valence-electron chi connectivity index (χ4n) is 3.35. The van der Waals surface area contributed by atoms with Gasteiger partial charge in [-0.05, 0) is 29.2 Å². The Hall–Kier alpha value is -2.59. The van der Waals surface area contributed by atoms with Gasteiger partial charge < -0.3 is 10.0 Å². The van der Waals surface area contributed by atoms with E-state index >= 15 is 0 Å². The minimum Gasteiger partial charge on any atom is -0.503 e. The molecular formula is C22H22ClNO3. The molecule has 0 aromatic heterocycles. The van der Waals surface area contributed by atoms with Crippen molar-refractivity contribution in [1.29, 1.82) is 0 Å². The molecule has 0 saturated carbocycles. The number of benzene rings is 2. The molecule has 4 nitrogen and oxygen atoms in total. The summed E-state index contributed by atoms with van der Waals surface area (Å²) in [5.41, 5.74) is 1.85. The fraction of sp³-hybridized carbons (Fsp3) is 0.273. The summed E-state index contributed by atoms with van der Waals surface area (Å²) in [4.78, 5) is 27.2. The number of amides is 1. The third kappa shape index (κ3) is 4.06. The molecule has 5 heteroatoms. The van der Waals surface area contributed by atoms with Gasteiger partial charge in [-0.25, -0.2) is 0 Å². The van der Waals surface area contributed by atoms with Crippen molar-refractivity contribution in [3.05, 3.63) is 82.1 Å². The first-order valence-corrected chi connectivity index (χ1v) is 9.33. The SMILES string of the molecule is CC(C)CC(=O)C1=C(O)C(=O)N(Cc2ccccc2)C1c1ccc(Cl)cc1. The molecule has 1 atom stereocenters. The molecule has 2 aromatic carbocycles. The second-order valence-corrected chi connectivity index (χ2v) is 7.59. The Bertz CT molecular complexity index is 872. The summed E-state index contributed by atoms with van der Waals surface area (Å²) in [7, 11) is 0. The molecule has 1 aliphatic rings. The number of aliphatic hydroxyl groups excluding tert-OH is 1. The number of hydrogen-bond acceptors (Lipinski definition) is 3. The molecule has 0 radical (unpaired) electrons. The minimum atomic E-state index is -0.624. The summed E-state index contributed by atoms with van der Waals surface area (Å²) in [6.45, 7) is 4.17. The van der Waals surface area contributed by atoms with Crippen molar-refractivity contribution in [3.8, 4) is 0 Å². The molecule has 140 valence electrons. The van der Waals surface area contributed by atoms with Gasteiger partial charge in [0.2, 0.25) is 0 Å². The largest absolute Gasteiger partial charge is 0.503 e. The number of nitrogens with zero attached hydrogens (tertiary/aromatic N) is 1. The number of aliphatic hydroxyl groups is 1. The number of rotatable bonds is 6. The van der Waals surface area contributed by atoms with Crippen molar-refractivity contribution in [2.24, 2.45) is 5.92 Å². The van der Waals surface area contributed by atoms with E-state index in [-0.39, 0.29) is 23.7 Å². The lowest BCUT2D eigenvalue weighted by Crippen LogP contribution is -2.30. The molecule has 0 bridgehead atoms. The molecule has 2 aromatic rings. The van der Waals surface area contributed by atoms with Crippen LogP contribution in [0.2, 0.25) is 5.02 Å². The molecule has 3 rings (SSSR count). The van der Waals surface area contributed by atoms with Gasteiger partial charge in [-0.15, -0.1) is 0 Å². The summed E-state index contributed by atoms with van der Waals surface area (Å²) in [6.07, 6.45) is 0.274. The minimum absolute atomic E-state index is 0.127. The monoisotopic (exact) mass is 383 g/mol. The topological polar surface area (TPSA) is 57.6 Å². The lowest BCUT2D eigenvalue weighted by Gasteiger charge is -2.27. The Morgan fingerprint density at radius 3 is 2.33 bits per heavy atom. The van der Waals surface area contributed by atoms with Crippen molar-refractivity contribution in [3.63, 3.8) is 0 Å². The quantitative estimate of drug-likeness (QED) is 0.775. The van der Waals surface area contributed by atoms with Crippen LogP contribution in [0.4, 0.5) is 0 Å². The summed E-state index contributed by atoms with van der Waals surface area (Å²) >= 11 is 6.00. The molecule has 1 aliphatic heterocycles. The smallest absolute Gasteiger partial charge is 0.290 e. The summed E-state index contributed by atoms with van der Waals surface area (Å²) in [5.74, 6) is -1.05. The van der Waals surface area contributed by atoms with Crippen LogP contribution < -0.4 is 0 Å². The van der Waals surface area contributed by atoms with Crippen LogP contribution in [0.1, 0.15) is 37.4 Å². The average molecular weight is 384 g/mol. The van der Waals surface area contributed by atoms with Gasteiger partial charge in [0, 0.05) is 18.0 Å². The van der Waals surface area contributed by atoms with Gasteiger partial charge in [0.25, 0.3) is 5.91 Å². The predicted molar refractivity (Wildman–Crippen MR) is 105 cm³/mol. The van der Waals surface area contributed by atoms with Crippen molar-refractivity contribution in [1.82, 2.24) is 4.90 Å². The van der Waals surface area contributed by atoms with Crippen LogP contribution in [0.5, 0.6) is 0 Å². The standard InChI is InChI=1S/C22H22ClNO3/c1-14(2)12-18(25)19-20(16-8-10-17(23)11-9-16)24(22(27)21(19)26)13-15-6-4-3-5-7-15/h3-11,14,20,26H,12-13H2,1-2H3. The Balaban J connectivity index is 2.03. The maximum absolute atomic E-state index is 12.8. The molecule has 0 aliphatic carbocycles. The number of halogens is 1. The van der Waals surface area contributed by atoms with Crippen LogP contribution in [0.15, 0.2) is 65.9 Å². The number of ketones is 1. The van der Waals surface area contributed by atoms with Gasteiger partial charge in [-0.2, -0.15) is 0 Å². The van der Waals surface area contributed by atoms with Gasteiger partial charge in [-0.3, -0.25) is 9.59 Å². The maximum Gasteiger partial charge on any atom is 0.290 e. The van der Waals surface area contributed by atoms with Gasteiger partial charge in [0.05, 0.1) is 11.6 Å². The lowest BCUT2D eigenvalue weighted by molar-refractivity contribution is -0.130. The van der Waals surface area contributed by atoms with Crippen LogP contribution in [-0.2, 0) is 16.1 Å². The first kappa shape index (κ1) is 19.2. The van der Waals surface area contributed by atoms with Gasteiger partial charge in [-0.1, -0.05) is 67.9 Å². The summed E-state index contributed by atoms with van der Waals surface area (Å²) < 4.78 is 0. The predicted octanol–water partition coefficient (Wildman–Crippen LogP) is 4.85. The second-order valence-electron chi connectivity index (χ2n) is 7.16. The zero-order valence-electron chi connectivity index (χ0n) is 15.4. The van der Waals surface area contributed by atoms with E-state index in [4.69, 9.17) is 11.6 Å².